The quantitative estimate of drug-likeness (QED) is 0.0543. The molecule has 0 aromatic heterocycles. The Hall–Kier alpha value is -1.89. The molecule has 228 valence electrons. The molecule has 0 radical (unpaired) electrons. The summed E-state index contributed by atoms with van der Waals surface area (Å²) in [5, 5.41) is 28.2. The summed E-state index contributed by atoms with van der Waals surface area (Å²) in [4.78, 5) is 34.4. The molecule has 3 atom stereocenters. The number of quaternary nitrogens is 1. The molecule has 0 bridgehead atoms. The molecule has 3 N–H and O–H groups in total. The van der Waals surface area contributed by atoms with Crippen LogP contribution in [0.15, 0.2) is 12.2 Å². The highest BCUT2D eigenvalue weighted by atomic mass is 16.4. The Kier molecular flexibility index (Phi) is 21.8. The second kappa shape index (κ2) is 22.9. The molecule has 7 heteroatoms. The van der Waals surface area contributed by atoms with Crippen LogP contribution < -0.4 is 0 Å². The minimum Gasteiger partial charge on any atom is -0.481 e. The first-order chi connectivity index (χ1) is 18.5. The van der Waals surface area contributed by atoms with Gasteiger partial charge in [-0.15, -0.1) is 0 Å². The van der Waals surface area contributed by atoms with Crippen molar-refractivity contribution in [2.45, 2.75) is 130 Å². The van der Waals surface area contributed by atoms with Crippen LogP contribution in [0.25, 0.3) is 0 Å². The molecule has 0 aliphatic rings. The van der Waals surface area contributed by atoms with Crippen LogP contribution in [0, 0.1) is 17.8 Å². The van der Waals surface area contributed by atoms with E-state index >= 15 is 0 Å². The molecular weight excluding hydrogens is 494 g/mol. The standard InChI is InChI=1S/C32H59NO6/c1-5-6-7-8-9-10-11-12-13-14-15-16-17-18-19-23-33(24-20-27(2)30(34)35,25-21-28(3)31(36)37)26-22-29(4)32(38)39/h11-12,27-29H,5-10,13-26H2,1-4H3,(H2-,34,35,36,37,38,39)/p+1/b12-11+. The van der Waals surface area contributed by atoms with Gasteiger partial charge < -0.3 is 19.8 Å². The Morgan fingerprint density at radius 1 is 0.538 bits per heavy atom. The fraction of sp³-hybridized carbons (Fsp3) is 0.844. The molecule has 39 heavy (non-hydrogen) atoms. The first-order valence-corrected chi connectivity index (χ1v) is 15.7. The lowest BCUT2D eigenvalue weighted by atomic mass is 10.0. The fourth-order valence-electron chi connectivity index (χ4n) is 4.96. The Bertz CT molecular complexity index is 632. The lowest BCUT2D eigenvalue weighted by molar-refractivity contribution is -0.929. The summed E-state index contributed by atoms with van der Waals surface area (Å²) in [5.41, 5.74) is 0. The van der Waals surface area contributed by atoms with Gasteiger partial charge in [0.2, 0.25) is 0 Å². The third kappa shape index (κ3) is 19.8. The zero-order chi connectivity index (χ0) is 29.5. The summed E-state index contributed by atoms with van der Waals surface area (Å²) in [6, 6.07) is 0. The van der Waals surface area contributed by atoms with Gasteiger partial charge in [-0.2, -0.15) is 0 Å². The number of carbonyl (C=O) groups is 3. The fourth-order valence-corrected chi connectivity index (χ4v) is 4.96. The second-order valence-electron chi connectivity index (χ2n) is 11.9. The van der Waals surface area contributed by atoms with E-state index in [1.54, 1.807) is 20.8 Å². The SMILES string of the molecule is CCCCCCC/C=C/CCCCCCCC[N+](CCC(C)C(=O)O)(CCC(C)C(=O)O)CCC(C)C(=O)O. The first-order valence-electron chi connectivity index (χ1n) is 15.7. The number of unbranched alkanes of at least 4 members (excludes halogenated alkanes) is 11. The summed E-state index contributed by atoms with van der Waals surface area (Å²) >= 11 is 0. The number of aliphatic carboxylic acids is 3. The van der Waals surface area contributed by atoms with E-state index in [9.17, 15) is 29.7 Å². The molecule has 0 rings (SSSR count). The lowest BCUT2D eigenvalue weighted by Crippen LogP contribution is -2.52. The number of carboxylic acids is 3. The molecule has 7 nitrogen and oxygen atoms in total. The maximum absolute atomic E-state index is 11.5. The molecule has 3 unspecified atom stereocenters. The Labute approximate surface area is 238 Å². The topological polar surface area (TPSA) is 112 Å². The van der Waals surface area contributed by atoms with Crippen molar-refractivity contribution < 1.29 is 34.2 Å². The van der Waals surface area contributed by atoms with Crippen LogP contribution in [0.4, 0.5) is 0 Å². The lowest BCUT2D eigenvalue weighted by Gasteiger charge is -2.40. The van der Waals surface area contributed by atoms with Gasteiger partial charge in [-0.05, 0) is 38.5 Å². The molecule has 0 aromatic rings. The Morgan fingerprint density at radius 2 is 0.872 bits per heavy atom. The van der Waals surface area contributed by atoms with Crippen molar-refractivity contribution in [3.8, 4) is 0 Å². The van der Waals surface area contributed by atoms with Crippen LogP contribution in [0.5, 0.6) is 0 Å². The summed E-state index contributed by atoms with van der Waals surface area (Å²) in [6.07, 6.45) is 22.1. The van der Waals surface area contributed by atoms with Crippen LogP contribution in [0.3, 0.4) is 0 Å². The molecule has 0 aliphatic carbocycles. The van der Waals surface area contributed by atoms with Crippen LogP contribution >= 0.6 is 0 Å². The van der Waals surface area contributed by atoms with E-state index in [0.717, 1.165) is 32.2 Å². The van der Waals surface area contributed by atoms with Crippen molar-refractivity contribution in [3.63, 3.8) is 0 Å². The minimum atomic E-state index is -0.826. The van der Waals surface area contributed by atoms with Crippen molar-refractivity contribution in [2.75, 3.05) is 26.2 Å². The summed E-state index contributed by atoms with van der Waals surface area (Å²) in [5.74, 6) is -3.92. The number of allylic oxidation sites excluding steroid dienone is 2. The molecule has 0 aliphatic heterocycles. The van der Waals surface area contributed by atoms with Gasteiger partial charge in [-0.1, -0.05) is 84.8 Å². The normalized spacial score (nSPS) is 15.6. The maximum Gasteiger partial charge on any atom is 0.306 e. The van der Waals surface area contributed by atoms with E-state index in [1.807, 2.05) is 0 Å². The molecule has 0 spiro atoms. The van der Waals surface area contributed by atoms with Crippen LogP contribution in [0.1, 0.15) is 130 Å². The van der Waals surface area contributed by atoms with E-state index in [-0.39, 0.29) is 0 Å². The van der Waals surface area contributed by atoms with E-state index in [0.29, 0.717) is 43.4 Å². The highest BCUT2D eigenvalue weighted by Gasteiger charge is 2.31. The molecule has 0 saturated heterocycles. The van der Waals surface area contributed by atoms with Gasteiger partial charge in [-0.25, -0.2) is 0 Å². The van der Waals surface area contributed by atoms with E-state index < -0.39 is 35.7 Å². The van der Waals surface area contributed by atoms with Crippen molar-refractivity contribution in [1.82, 2.24) is 0 Å². The molecule has 0 heterocycles. The highest BCUT2D eigenvalue weighted by molar-refractivity contribution is 5.70. The van der Waals surface area contributed by atoms with Gasteiger partial charge in [-0.3, -0.25) is 14.4 Å². The minimum absolute atomic E-state index is 0.480. The van der Waals surface area contributed by atoms with Gasteiger partial charge >= 0.3 is 17.9 Å². The molecule has 0 aromatic carbocycles. The number of hydrogen-bond acceptors (Lipinski definition) is 3. The van der Waals surface area contributed by atoms with Crippen LogP contribution in [-0.4, -0.2) is 63.9 Å². The van der Waals surface area contributed by atoms with Crippen molar-refractivity contribution in [3.05, 3.63) is 12.2 Å². The van der Waals surface area contributed by atoms with Gasteiger partial charge in [0.15, 0.2) is 0 Å². The van der Waals surface area contributed by atoms with Crippen molar-refractivity contribution >= 4 is 17.9 Å². The summed E-state index contributed by atoms with van der Waals surface area (Å²) < 4.78 is 0.607. The zero-order valence-electron chi connectivity index (χ0n) is 25.5. The van der Waals surface area contributed by atoms with Gasteiger partial charge in [0.05, 0.1) is 43.9 Å². The third-order valence-electron chi connectivity index (χ3n) is 8.27. The third-order valence-corrected chi connectivity index (χ3v) is 8.27. The number of rotatable bonds is 27. The van der Waals surface area contributed by atoms with Crippen molar-refractivity contribution in [1.29, 1.82) is 0 Å². The predicted octanol–water partition coefficient (Wildman–Crippen LogP) is 7.78. The van der Waals surface area contributed by atoms with Gasteiger partial charge in [0.25, 0.3) is 0 Å². The van der Waals surface area contributed by atoms with Crippen LogP contribution in [-0.2, 0) is 14.4 Å². The Morgan fingerprint density at radius 3 is 1.23 bits per heavy atom. The maximum atomic E-state index is 11.5. The Balaban J connectivity index is 4.74. The largest absolute Gasteiger partial charge is 0.481 e. The summed E-state index contributed by atoms with van der Waals surface area (Å²) in [6.45, 7) is 10.1. The number of hydrogen-bond donors (Lipinski definition) is 3. The smallest absolute Gasteiger partial charge is 0.306 e. The highest BCUT2D eigenvalue weighted by Crippen LogP contribution is 2.22. The second-order valence-corrected chi connectivity index (χ2v) is 11.9. The van der Waals surface area contributed by atoms with Gasteiger partial charge in [0.1, 0.15) is 0 Å². The molecule has 0 amide bonds. The molecule has 0 saturated carbocycles. The number of nitrogens with zero attached hydrogens (tertiary/aromatic N) is 1. The summed E-state index contributed by atoms with van der Waals surface area (Å²) in [7, 11) is 0. The average molecular weight is 555 g/mol. The average Bonchev–Trinajstić information content (AvgIpc) is 2.90. The number of carboxylic acid groups (broad SMARTS) is 3. The van der Waals surface area contributed by atoms with Crippen LogP contribution in [0.2, 0.25) is 0 Å². The van der Waals surface area contributed by atoms with Gasteiger partial charge in [0, 0.05) is 19.3 Å². The molecule has 0 fully saturated rings. The monoisotopic (exact) mass is 554 g/mol. The predicted molar refractivity (Wildman–Crippen MR) is 159 cm³/mol. The zero-order valence-corrected chi connectivity index (χ0v) is 25.5. The van der Waals surface area contributed by atoms with E-state index in [1.165, 1.54) is 57.8 Å². The molecular formula is C32H60NO6+. The first kappa shape index (κ1) is 37.1. The van der Waals surface area contributed by atoms with E-state index in [2.05, 4.69) is 19.1 Å². The van der Waals surface area contributed by atoms with E-state index in [4.69, 9.17) is 0 Å². The van der Waals surface area contributed by atoms with Crippen molar-refractivity contribution in [2.24, 2.45) is 17.8 Å².